The standard InChI is InChI=1S/C27H40O9/c1-6-15(2)24(32)36-20(18-10-22(31)33-12-18)11-25(5)16(3)9-21(30)27(14-34-17(4)28)23(25)19(29)7-8-26(27)13-35-26/h10,15-16,19-21,23,29-30H,6-9,11-14H2,1-5H3. The fourth-order valence-electron chi connectivity index (χ4n) is 7.08. The van der Waals surface area contributed by atoms with E-state index in [4.69, 9.17) is 18.9 Å². The Balaban J connectivity index is 1.75. The number of hydrogen-bond donors (Lipinski definition) is 2. The lowest BCUT2D eigenvalue weighted by Crippen LogP contribution is -2.70. The molecule has 2 aliphatic heterocycles. The van der Waals surface area contributed by atoms with Crippen LogP contribution in [0.1, 0.15) is 66.7 Å². The maximum absolute atomic E-state index is 12.9. The number of esters is 3. The van der Waals surface area contributed by atoms with Crippen molar-refractivity contribution in [3.05, 3.63) is 11.6 Å². The van der Waals surface area contributed by atoms with E-state index in [-0.39, 0.29) is 31.0 Å². The van der Waals surface area contributed by atoms with Crippen molar-refractivity contribution in [1.82, 2.24) is 0 Å². The minimum atomic E-state index is -1.00. The lowest BCUT2D eigenvalue weighted by Gasteiger charge is -2.64. The molecule has 2 heterocycles. The minimum absolute atomic E-state index is 0.0449. The van der Waals surface area contributed by atoms with Crippen LogP contribution in [0.4, 0.5) is 0 Å². The van der Waals surface area contributed by atoms with Crippen LogP contribution >= 0.6 is 0 Å². The van der Waals surface area contributed by atoms with Crippen LogP contribution in [0, 0.1) is 28.6 Å². The number of carbonyl (C=O) groups is 3. The highest BCUT2D eigenvalue weighted by molar-refractivity contribution is 5.85. The van der Waals surface area contributed by atoms with E-state index >= 15 is 0 Å². The Bertz CT molecular complexity index is 924. The molecular formula is C27H40O9. The zero-order valence-electron chi connectivity index (χ0n) is 22.0. The third-order valence-electron chi connectivity index (χ3n) is 9.64. The van der Waals surface area contributed by atoms with Crippen molar-refractivity contribution >= 4 is 17.9 Å². The number of cyclic esters (lactones) is 1. The molecule has 0 bridgehead atoms. The number of ether oxygens (including phenoxy) is 4. The zero-order chi connectivity index (χ0) is 26.5. The number of rotatable bonds is 8. The van der Waals surface area contributed by atoms with Crippen LogP contribution in [-0.2, 0) is 33.3 Å². The molecular weight excluding hydrogens is 468 g/mol. The quantitative estimate of drug-likeness (QED) is 0.288. The van der Waals surface area contributed by atoms with Gasteiger partial charge in [0.05, 0.1) is 30.1 Å². The molecule has 3 fully saturated rings. The monoisotopic (exact) mass is 508 g/mol. The van der Waals surface area contributed by atoms with Crippen molar-refractivity contribution in [2.45, 2.75) is 90.6 Å². The molecule has 1 saturated heterocycles. The van der Waals surface area contributed by atoms with Gasteiger partial charge in [0.1, 0.15) is 24.9 Å². The van der Waals surface area contributed by atoms with Crippen LogP contribution in [0.5, 0.6) is 0 Å². The van der Waals surface area contributed by atoms with Crippen LogP contribution in [0.3, 0.4) is 0 Å². The lowest BCUT2D eigenvalue weighted by atomic mass is 9.42. The predicted molar refractivity (Wildman–Crippen MR) is 127 cm³/mol. The van der Waals surface area contributed by atoms with Gasteiger partial charge in [-0.2, -0.15) is 0 Å². The van der Waals surface area contributed by atoms with Gasteiger partial charge in [-0.05, 0) is 43.4 Å². The van der Waals surface area contributed by atoms with Gasteiger partial charge in [0.25, 0.3) is 0 Å². The van der Waals surface area contributed by atoms with E-state index in [9.17, 15) is 24.6 Å². The second-order valence-corrected chi connectivity index (χ2v) is 11.6. The maximum Gasteiger partial charge on any atom is 0.331 e. The minimum Gasteiger partial charge on any atom is -0.465 e. The first-order valence-corrected chi connectivity index (χ1v) is 13.1. The molecule has 0 aromatic heterocycles. The summed E-state index contributed by atoms with van der Waals surface area (Å²) in [5.41, 5.74) is -1.74. The van der Waals surface area contributed by atoms with E-state index in [1.165, 1.54) is 13.0 Å². The number of aliphatic hydroxyl groups excluding tert-OH is 2. The molecule has 0 aromatic carbocycles. The van der Waals surface area contributed by atoms with Crippen molar-refractivity contribution < 1.29 is 43.5 Å². The Morgan fingerprint density at radius 3 is 2.56 bits per heavy atom. The Morgan fingerprint density at radius 1 is 1.31 bits per heavy atom. The Kier molecular flexibility index (Phi) is 7.31. The second-order valence-electron chi connectivity index (χ2n) is 11.6. The summed E-state index contributed by atoms with van der Waals surface area (Å²) in [4.78, 5) is 36.7. The highest BCUT2D eigenvalue weighted by Gasteiger charge is 2.76. The fraction of sp³-hybridized carbons (Fsp3) is 0.815. The third-order valence-corrected chi connectivity index (χ3v) is 9.64. The fourth-order valence-corrected chi connectivity index (χ4v) is 7.08. The van der Waals surface area contributed by atoms with Crippen LogP contribution in [-0.4, -0.2) is 71.9 Å². The first kappa shape index (κ1) is 27.1. The van der Waals surface area contributed by atoms with Gasteiger partial charge in [-0.15, -0.1) is 0 Å². The molecule has 2 N–H and O–H groups in total. The van der Waals surface area contributed by atoms with Crippen molar-refractivity contribution in [2.75, 3.05) is 19.8 Å². The van der Waals surface area contributed by atoms with E-state index in [0.29, 0.717) is 44.3 Å². The van der Waals surface area contributed by atoms with Crippen molar-refractivity contribution in [1.29, 1.82) is 0 Å². The largest absolute Gasteiger partial charge is 0.465 e. The van der Waals surface area contributed by atoms with Gasteiger partial charge < -0.3 is 29.2 Å². The van der Waals surface area contributed by atoms with Gasteiger partial charge in [-0.25, -0.2) is 4.79 Å². The summed E-state index contributed by atoms with van der Waals surface area (Å²) in [7, 11) is 0. The lowest BCUT2D eigenvalue weighted by molar-refractivity contribution is -0.249. The Labute approximate surface area is 212 Å². The third kappa shape index (κ3) is 4.37. The topological polar surface area (TPSA) is 132 Å². The van der Waals surface area contributed by atoms with Gasteiger partial charge in [0, 0.05) is 24.5 Å². The average molecular weight is 509 g/mol. The van der Waals surface area contributed by atoms with Crippen molar-refractivity contribution in [2.24, 2.45) is 28.6 Å². The van der Waals surface area contributed by atoms with E-state index in [1.807, 2.05) is 20.8 Å². The number of carbonyl (C=O) groups excluding carboxylic acids is 3. The highest BCUT2D eigenvalue weighted by atomic mass is 16.6. The van der Waals surface area contributed by atoms with Crippen molar-refractivity contribution in [3.8, 4) is 0 Å². The summed E-state index contributed by atoms with van der Waals surface area (Å²) < 4.78 is 22.7. The van der Waals surface area contributed by atoms with Gasteiger partial charge in [-0.1, -0.05) is 27.7 Å². The Hall–Kier alpha value is -1.97. The van der Waals surface area contributed by atoms with E-state index < -0.39 is 52.6 Å². The molecule has 2 saturated carbocycles. The molecule has 9 unspecified atom stereocenters. The van der Waals surface area contributed by atoms with Crippen LogP contribution in [0.2, 0.25) is 0 Å². The van der Waals surface area contributed by atoms with Crippen molar-refractivity contribution in [3.63, 3.8) is 0 Å². The smallest absolute Gasteiger partial charge is 0.331 e. The van der Waals surface area contributed by atoms with E-state index in [1.54, 1.807) is 6.92 Å². The molecule has 9 nitrogen and oxygen atoms in total. The van der Waals surface area contributed by atoms with Gasteiger partial charge in [0.15, 0.2) is 0 Å². The van der Waals surface area contributed by atoms with Crippen LogP contribution in [0.15, 0.2) is 11.6 Å². The van der Waals surface area contributed by atoms with Gasteiger partial charge in [-0.3, -0.25) is 9.59 Å². The molecule has 0 radical (unpaired) electrons. The number of hydrogen-bond acceptors (Lipinski definition) is 9. The molecule has 4 aliphatic rings. The first-order chi connectivity index (χ1) is 16.9. The summed E-state index contributed by atoms with van der Waals surface area (Å²) in [6, 6.07) is 0. The number of fused-ring (bicyclic) bond motifs is 2. The van der Waals surface area contributed by atoms with Gasteiger partial charge in [0.2, 0.25) is 0 Å². The summed E-state index contributed by atoms with van der Waals surface area (Å²) in [5.74, 6) is -2.17. The number of aliphatic hydroxyl groups is 2. The maximum atomic E-state index is 12.9. The first-order valence-electron chi connectivity index (χ1n) is 13.1. The molecule has 202 valence electrons. The summed E-state index contributed by atoms with van der Waals surface area (Å²) >= 11 is 0. The molecule has 9 heteroatoms. The molecule has 0 amide bonds. The molecule has 9 atom stereocenters. The van der Waals surface area contributed by atoms with Gasteiger partial charge >= 0.3 is 17.9 Å². The molecule has 2 aliphatic carbocycles. The summed E-state index contributed by atoms with van der Waals surface area (Å²) in [5, 5.41) is 23.0. The number of epoxide rings is 1. The zero-order valence-corrected chi connectivity index (χ0v) is 22.0. The summed E-state index contributed by atoms with van der Waals surface area (Å²) in [6.45, 7) is 9.52. The molecule has 1 spiro atoms. The molecule has 0 aromatic rings. The van der Waals surface area contributed by atoms with Crippen LogP contribution in [0.25, 0.3) is 0 Å². The second kappa shape index (κ2) is 9.72. The average Bonchev–Trinajstić information content (AvgIpc) is 3.48. The normalized spacial score (nSPS) is 41.1. The molecule has 36 heavy (non-hydrogen) atoms. The highest BCUT2D eigenvalue weighted by Crippen LogP contribution is 2.68. The SMILES string of the molecule is CCC(C)C(=O)OC(CC1(C)C(C)CC(O)C2(COC(C)=O)C1C(O)CCC21CO1)C1=CC(=O)OC1. The van der Waals surface area contributed by atoms with E-state index in [0.717, 1.165) is 0 Å². The Morgan fingerprint density at radius 2 is 2.00 bits per heavy atom. The molecule has 4 rings (SSSR count). The van der Waals surface area contributed by atoms with Crippen LogP contribution < -0.4 is 0 Å². The van der Waals surface area contributed by atoms with E-state index in [2.05, 4.69) is 0 Å². The summed E-state index contributed by atoms with van der Waals surface area (Å²) in [6.07, 6.45) is 1.44. The predicted octanol–water partition coefficient (Wildman–Crippen LogP) is 2.31.